The molecule has 0 aliphatic carbocycles. The van der Waals surface area contributed by atoms with Crippen molar-refractivity contribution in [3.63, 3.8) is 0 Å². The summed E-state index contributed by atoms with van der Waals surface area (Å²) in [6.07, 6.45) is 1.84. The van der Waals surface area contributed by atoms with E-state index in [1.54, 1.807) is 12.1 Å². The zero-order chi connectivity index (χ0) is 21.6. The molecule has 5 nitrogen and oxygen atoms in total. The van der Waals surface area contributed by atoms with Crippen LogP contribution in [-0.4, -0.2) is 34.1 Å². The van der Waals surface area contributed by atoms with Gasteiger partial charge in [-0.15, -0.1) is 0 Å². The van der Waals surface area contributed by atoms with Crippen LogP contribution >= 0.6 is 0 Å². The molecule has 31 heavy (non-hydrogen) atoms. The highest BCUT2D eigenvalue weighted by Crippen LogP contribution is 2.18. The van der Waals surface area contributed by atoms with Gasteiger partial charge in [0.25, 0.3) is 5.91 Å². The summed E-state index contributed by atoms with van der Waals surface area (Å²) in [6, 6.07) is 21.7. The second-order valence-corrected chi connectivity index (χ2v) is 9.53. The summed E-state index contributed by atoms with van der Waals surface area (Å²) >= 11 is 0. The number of carbonyl (C=O) groups excluding carboxylic acids is 1. The minimum atomic E-state index is -1.20. The van der Waals surface area contributed by atoms with Crippen LogP contribution in [0, 0.1) is 6.92 Å². The smallest absolute Gasteiger partial charge is 0.287 e. The molecule has 1 aromatic heterocycles. The Hall–Kier alpha value is -2.70. The van der Waals surface area contributed by atoms with Gasteiger partial charge in [-0.25, -0.2) is 0 Å². The van der Waals surface area contributed by atoms with Crippen molar-refractivity contribution in [3.05, 3.63) is 89.4 Å². The maximum atomic E-state index is 12.6. The number of benzene rings is 2. The van der Waals surface area contributed by atoms with Gasteiger partial charge in [0, 0.05) is 30.6 Å². The summed E-state index contributed by atoms with van der Waals surface area (Å²) in [5.74, 6) is 0.897. The third-order valence-corrected chi connectivity index (χ3v) is 6.91. The molecule has 1 saturated heterocycles. The average molecular weight is 437 g/mol. The SMILES string of the molecule is Cc1cccc(S(=O)Cc2ccc(C(=O)NC3CCN(Cc4ccccc4)CC3)o2)c1. The molecule has 4 rings (SSSR count). The molecule has 1 aliphatic heterocycles. The van der Waals surface area contributed by atoms with Gasteiger partial charge in [0.1, 0.15) is 5.76 Å². The highest BCUT2D eigenvalue weighted by atomic mass is 32.2. The molecule has 6 heteroatoms. The minimum Gasteiger partial charge on any atom is -0.455 e. The van der Waals surface area contributed by atoms with Gasteiger partial charge >= 0.3 is 0 Å². The predicted molar refractivity (Wildman–Crippen MR) is 122 cm³/mol. The zero-order valence-corrected chi connectivity index (χ0v) is 18.6. The molecule has 0 spiro atoms. The van der Waals surface area contributed by atoms with Crippen molar-refractivity contribution >= 4 is 16.7 Å². The van der Waals surface area contributed by atoms with E-state index in [2.05, 4.69) is 34.5 Å². The van der Waals surface area contributed by atoms with Gasteiger partial charge in [-0.05, 0) is 55.2 Å². The molecule has 1 atom stereocenters. The Morgan fingerprint density at radius 2 is 1.84 bits per heavy atom. The maximum Gasteiger partial charge on any atom is 0.287 e. The van der Waals surface area contributed by atoms with E-state index in [4.69, 9.17) is 4.42 Å². The van der Waals surface area contributed by atoms with E-state index in [-0.39, 0.29) is 23.5 Å². The van der Waals surface area contributed by atoms with Crippen molar-refractivity contribution in [2.45, 2.75) is 43.0 Å². The first-order valence-corrected chi connectivity index (χ1v) is 12.0. The molecule has 1 unspecified atom stereocenters. The van der Waals surface area contributed by atoms with Gasteiger partial charge in [0.05, 0.1) is 16.6 Å². The quantitative estimate of drug-likeness (QED) is 0.600. The molecule has 0 radical (unpaired) electrons. The van der Waals surface area contributed by atoms with E-state index in [1.165, 1.54) is 5.56 Å². The lowest BCUT2D eigenvalue weighted by Gasteiger charge is -2.32. The second kappa shape index (κ2) is 10.1. The van der Waals surface area contributed by atoms with Crippen molar-refractivity contribution in [1.82, 2.24) is 10.2 Å². The molecule has 2 heterocycles. The fraction of sp³-hybridized carbons (Fsp3) is 0.320. The lowest BCUT2D eigenvalue weighted by atomic mass is 10.0. The molecule has 1 amide bonds. The first-order valence-electron chi connectivity index (χ1n) is 10.7. The summed E-state index contributed by atoms with van der Waals surface area (Å²) < 4.78 is 18.3. The maximum absolute atomic E-state index is 12.6. The van der Waals surface area contributed by atoms with Crippen LogP contribution in [0.5, 0.6) is 0 Å². The van der Waals surface area contributed by atoms with Crippen molar-refractivity contribution in [2.75, 3.05) is 13.1 Å². The largest absolute Gasteiger partial charge is 0.455 e. The molecular weight excluding hydrogens is 408 g/mol. The second-order valence-electron chi connectivity index (χ2n) is 8.08. The number of furan rings is 1. The van der Waals surface area contributed by atoms with Gasteiger partial charge in [-0.3, -0.25) is 13.9 Å². The van der Waals surface area contributed by atoms with Crippen LogP contribution in [0.2, 0.25) is 0 Å². The van der Waals surface area contributed by atoms with Crippen molar-refractivity contribution in [3.8, 4) is 0 Å². The fourth-order valence-corrected chi connectivity index (χ4v) is 5.01. The standard InChI is InChI=1S/C25H28N2O3S/c1-19-6-5-9-23(16-19)31(29)18-22-10-11-24(30-22)25(28)26-21-12-14-27(15-13-21)17-20-7-3-2-4-8-20/h2-11,16,21H,12-15,17-18H2,1H3,(H,26,28). The van der Waals surface area contributed by atoms with Crippen molar-refractivity contribution in [2.24, 2.45) is 0 Å². The Kier molecular flexibility index (Phi) is 6.99. The van der Waals surface area contributed by atoms with Crippen LogP contribution in [0.25, 0.3) is 0 Å². The number of likely N-dealkylation sites (tertiary alicyclic amines) is 1. The van der Waals surface area contributed by atoms with Crippen LogP contribution in [0.15, 0.2) is 76.0 Å². The van der Waals surface area contributed by atoms with E-state index in [0.29, 0.717) is 5.76 Å². The van der Waals surface area contributed by atoms with E-state index in [9.17, 15) is 9.00 Å². The van der Waals surface area contributed by atoms with Gasteiger partial charge in [-0.2, -0.15) is 0 Å². The van der Waals surface area contributed by atoms with Crippen LogP contribution in [0.3, 0.4) is 0 Å². The first-order chi connectivity index (χ1) is 15.1. The molecule has 3 aromatic rings. The normalized spacial score (nSPS) is 16.2. The summed E-state index contributed by atoms with van der Waals surface area (Å²) in [4.78, 5) is 15.8. The Bertz CT molecular complexity index is 1040. The molecule has 0 bridgehead atoms. The summed E-state index contributed by atoms with van der Waals surface area (Å²) in [5.41, 5.74) is 2.39. The first kappa shape index (κ1) is 21.5. The number of hydrogen-bond acceptors (Lipinski definition) is 4. The van der Waals surface area contributed by atoms with E-state index in [0.717, 1.165) is 42.9 Å². The Balaban J connectivity index is 1.26. The summed E-state index contributed by atoms with van der Waals surface area (Å²) in [7, 11) is -1.20. The summed E-state index contributed by atoms with van der Waals surface area (Å²) in [6.45, 7) is 4.83. The van der Waals surface area contributed by atoms with Gasteiger partial charge < -0.3 is 9.73 Å². The van der Waals surface area contributed by atoms with Gasteiger partial charge in [0.2, 0.25) is 0 Å². The average Bonchev–Trinajstić information content (AvgIpc) is 3.24. The number of nitrogens with zero attached hydrogens (tertiary/aromatic N) is 1. The molecular formula is C25H28N2O3S. The third-order valence-electron chi connectivity index (χ3n) is 5.58. The number of nitrogens with one attached hydrogen (secondary N) is 1. The van der Waals surface area contributed by atoms with E-state index in [1.807, 2.05) is 37.3 Å². The van der Waals surface area contributed by atoms with Gasteiger partial charge in [-0.1, -0.05) is 42.5 Å². The zero-order valence-electron chi connectivity index (χ0n) is 17.8. The molecule has 2 aromatic carbocycles. The van der Waals surface area contributed by atoms with Crippen LogP contribution in [0.4, 0.5) is 0 Å². The summed E-state index contributed by atoms with van der Waals surface area (Å²) in [5, 5.41) is 3.09. The van der Waals surface area contributed by atoms with Gasteiger partial charge in [0.15, 0.2) is 5.76 Å². The van der Waals surface area contributed by atoms with E-state index < -0.39 is 10.8 Å². The number of aryl methyl sites for hydroxylation is 1. The predicted octanol–water partition coefficient (Wildman–Crippen LogP) is 4.29. The third kappa shape index (κ3) is 5.93. The topological polar surface area (TPSA) is 62.6 Å². The highest BCUT2D eigenvalue weighted by Gasteiger charge is 2.22. The molecule has 1 aliphatic rings. The number of rotatable bonds is 7. The number of amides is 1. The fourth-order valence-electron chi connectivity index (χ4n) is 3.88. The van der Waals surface area contributed by atoms with E-state index >= 15 is 0 Å². The highest BCUT2D eigenvalue weighted by molar-refractivity contribution is 7.84. The Morgan fingerprint density at radius 3 is 2.58 bits per heavy atom. The molecule has 1 N–H and O–H groups in total. The molecule has 1 fully saturated rings. The monoisotopic (exact) mass is 436 g/mol. The number of hydrogen-bond donors (Lipinski definition) is 1. The lowest BCUT2D eigenvalue weighted by Crippen LogP contribution is -2.44. The lowest BCUT2D eigenvalue weighted by molar-refractivity contribution is 0.0879. The minimum absolute atomic E-state index is 0.148. The number of piperidine rings is 1. The Morgan fingerprint density at radius 1 is 1.06 bits per heavy atom. The van der Waals surface area contributed by atoms with Crippen LogP contribution in [-0.2, 0) is 23.1 Å². The van der Waals surface area contributed by atoms with Crippen LogP contribution < -0.4 is 5.32 Å². The number of carbonyl (C=O) groups is 1. The Labute approximate surface area is 185 Å². The van der Waals surface area contributed by atoms with Crippen molar-refractivity contribution < 1.29 is 13.4 Å². The molecule has 162 valence electrons. The van der Waals surface area contributed by atoms with Crippen LogP contribution in [0.1, 0.15) is 40.3 Å². The molecule has 0 saturated carbocycles. The van der Waals surface area contributed by atoms with Crippen molar-refractivity contribution in [1.29, 1.82) is 0 Å².